The maximum Gasteiger partial charge on any atom is 0.0492 e. The molecule has 0 aliphatic heterocycles. The number of rotatable bonds is 9. The molecule has 0 unspecified atom stereocenters. The zero-order chi connectivity index (χ0) is 11.6. The Morgan fingerprint density at radius 1 is 1.06 bits per heavy atom. The summed E-state index contributed by atoms with van der Waals surface area (Å²) in [4.78, 5) is 0. The molecule has 3 heteroatoms. The van der Waals surface area contributed by atoms with Crippen LogP contribution in [0.3, 0.4) is 0 Å². The Hall–Kier alpha value is -0.830. The summed E-state index contributed by atoms with van der Waals surface area (Å²) in [5.41, 5.74) is 6.80. The van der Waals surface area contributed by atoms with Crippen molar-refractivity contribution in [1.29, 1.82) is 0 Å². The van der Waals surface area contributed by atoms with Crippen LogP contribution >= 0.6 is 0 Å². The van der Waals surface area contributed by atoms with Gasteiger partial charge in [0.1, 0.15) is 0 Å². The van der Waals surface area contributed by atoms with E-state index in [1.807, 2.05) is 17.9 Å². The van der Waals surface area contributed by atoms with E-state index in [-0.39, 0.29) is 0 Å². The first kappa shape index (κ1) is 13.2. The van der Waals surface area contributed by atoms with Crippen molar-refractivity contribution < 1.29 is 0 Å². The largest absolute Gasteiger partial charge is 0.330 e. The highest BCUT2D eigenvalue weighted by atomic mass is 15.2. The van der Waals surface area contributed by atoms with Gasteiger partial charge in [0, 0.05) is 18.9 Å². The number of hydrogen-bond donors (Lipinski definition) is 1. The van der Waals surface area contributed by atoms with E-state index in [1.54, 1.807) is 0 Å². The molecule has 0 bridgehead atoms. The standard InChI is InChI=1S/C13H25N3/c1-16-13(10-12-15-16)9-7-5-3-2-4-6-8-11-14/h10,12H,2-9,11,14H2,1H3. The summed E-state index contributed by atoms with van der Waals surface area (Å²) >= 11 is 0. The van der Waals surface area contributed by atoms with Crippen molar-refractivity contribution in [3.63, 3.8) is 0 Å². The van der Waals surface area contributed by atoms with E-state index < -0.39 is 0 Å². The molecule has 2 N–H and O–H groups in total. The van der Waals surface area contributed by atoms with Crippen LogP contribution in [0.5, 0.6) is 0 Å². The highest BCUT2D eigenvalue weighted by Crippen LogP contribution is 2.09. The van der Waals surface area contributed by atoms with Crippen LogP contribution in [-0.4, -0.2) is 16.3 Å². The van der Waals surface area contributed by atoms with Crippen LogP contribution in [0, 0.1) is 0 Å². The Balaban J connectivity index is 1.91. The quantitative estimate of drug-likeness (QED) is 0.654. The van der Waals surface area contributed by atoms with E-state index in [4.69, 9.17) is 5.73 Å². The fourth-order valence-corrected chi connectivity index (χ4v) is 1.98. The van der Waals surface area contributed by atoms with E-state index in [1.165, 1.54) is 57.1 Å². The molecule has 0 aliphatic carbocycles. The predicted molar refractivity (Wildman–Crippen MR) is 68.3 cm³/mol. The highest BCUT2D eigenvalue weighted by Gasteiger charge is 1.97. The van der Waals surface area contributed by atoms with Crippen LogP contribution in [0.1, 0.15) is 50.6 Å². The minimum absolute atomic E-state index is 0.848. The van der Waals surface area contributed by atoms with E-state index in [0.717, 1.165) is 6.54 Å². The third-order valence-corrected chi connectivity index (χ3v) is 3.06. The average molecular weight is 223 g/mol. The Bertz CT molecular complexity index is 268. The van der Waals surface area contributed by atoms with Gasteiger partial charge in [-0.25, -0.2) is 0 Å². The third kappa shape index (κ3) is 5.31. The van der Waals surface area contributed by atoms with Gasteiger partial charge < -0.3 is 5.73 Å². The fraction of sp³-hybridized carbons (Fsp3) is 0.769. The first-order valence-electron chi connectivity index (χ1n) is 6.51. The number of unbranched alkanes of at least 4 members (excludes halogenated alkanes) is 6. The lowest BCUT2D eigenvalue weighted by Crippen LogP contribution is -1.98. The fourth-order valence-electron chi connectivity index (χ4n) is 1.98. The smallest absolute Gasteiger partial charge is 0.0492 e. The Morgan fingerprint density at radius 2 is 1.69 bits per heavy atom. The number of nitrogens with zero attached hydrogens (tertiary/aromatic N) is 2. The van der Waals surface area contributed by atoms with Gasteiger partial charge >= 0.3 is 0 Å². The molecule has 1 heterocycles. The summed E-state index contributed by atoms with van der Waals surface area (Å²) in [5.74, 6) is 0. The summed E-state index contributed by atoms with van der Waals surface area (Å²) in [6, 6.07) is 2.11. The predicted octanol–water partition coefficient (Wildman–Crippen LogP) is 2.65. The molecule has 0 amide bonds. The van der Waals surface area contributed by atoms with Gasteiger partial charge in [0.25, 0.3) is 0 Å². The van der Waals surface area contributed by atoms with Crippen molar-refractivity contribution in [3.8, 4) is 0 Å². The van der Waals surface area contributed by atoms with Crippen molar-refractivity contribution in [2.75, 3.05) is 6.54 Å². The first-order valence-corrected chi connectivity index (χ1v) is 6.51. The minimum atomic E-state index is 0.848. The van der Waals surface area contributed by atoms with Crippen LogP contribution in [0.25, 0.3) is 0 Å². The summed E-state index contributed by atoms with van der Waals surface area (Å²) < 4.78 is 1.97. The molecule has 16 heavy (non-hydrogen) atoms. The molecule has 1 aromatic rings. The zero-order valence-corrected chi connectivity index (χ0v) is 10.5. The summed E-state index contributed by atoms with van der Waals surface area (Å²) in [7, 11) is 2.02. The topological polar surface area (TPSA) is 43.8 Å². The second-order valence-corrected chi connectivity index (χ2v) is 4.46. The molecule has 1 rings (SSSR count). The Morgan fingerprint density at radius 3 is 2.25 bits per heavy atom. The van der Waals surface area contributed by atoms with Crippen LogP contribution in [0.2, 0.25) is 0 Å². The molecule has 0 saturated carbocycles. The molecule has 0 atom stereocenters. The Labute approximate surface area is 99.0 Å². The van der Waals surface area contributed by atoms with Gasteiger partial charge in [-0.15, -0.1) is 0 Å². The second kappa shape index (κ2) is 8.34. The molecule has 0 aromatic carbocycles. The number of hydrogen-bond acceptors (Lipinski definition) is 2. The third-order valence-electron chi connectivity index (χ3n) is 3.06. The number of aromatic nitrogens is 2. The van der Waals surface area contributed by atoms with Crippen molar-refractivity contribution in [1.82, 2.24) is 9.78 Å². The maximum atomic E-state index is 5.45. The lowest BCUT2D eigenvalue weighted by Gasteiger charge is -2.02. The normalized spacial score (nSPS) is 10.9. The maximum absolute atomic E-state index is 5.45. The van der Waals surface area contributed by atoms with Crippen LogP contribution < -0.4 is 5.73 Å². The lowest BCUT2D eigenvalue weighted by molar-refractivity contribution is 0.573. The summed E-state index contributed by atoms with van der Waals surface area (Å²) in [6.45, 7) is 0.848. The molecule has 0 aliphatic rings. The zero-order valence-electron chi connectivity index (χ0n) is 10.5. The molecule has 3 nitrogen and oxygen atoms in total. The lowest BCUT2D eigenvalue weighted by atomic mass is 10.1. The molecular formula is C13H25N3. The molecular weight excluding hydrogens is 198 g/mol. The van der Waals surface area contributed by atoms with Gasteiger partial charge in [-0.1, -0.05) is 32.1 Å². The highest BCUT2D eigenvalue weighted by molar-refractivity contribution is 4.99. The van der Waals surface area contributed by atoms with Gasteiger partial charge in [0.2, 0.25) is 0 Å². The van der Waals surface area contributed by atoms with Gasteiger partial charge in [-0.3, -0.25) is 4.68 Å². The van der Waals surface area contributed by atoms with E-state index in [9.17, 15) is 0 Å². The second-order valence-electron chi connectivity index (χ2n) is 4.46. The van der Waals surface area contributed by atoms with Gasteiger partial charge in [-0.2, -0.15) is 5.10 Å². The summed E-state index contributed by atoms with van der Waals surface area (Å²) in [6.07, 6.45) is 12.2. The molecule has 92 valence electrons. The summed E-state index contributed by atoms with van der Waals surface area (Å²) in [5, 5.41) is 4.17. The monoisotopic (exact) mass is 223 g/mol. The molecule has 0 fully saturated rings. The van der Waals surface area contributed by atoms with Crippen molar-refractivity contribution in [3.05, 3.63) is 18.0 Å². The van der Waals surface area contributed by atoms with Crippen LogP contribution in [-0.2, 0) is 13.5 Å². The van der Waals surface area contributed by atoms with E-state index in [2.05, 4.69) is 11.2 Å². The molecule has 0 saturated heterocycles. The average Bonchev–Trinajstić information content (AvgIpc) is 2.68. The SMILES string of the molecule is Cn1nccc1CCCCCCCCCN. The Kier molecular flexibility index (Phi) is 6.90. The molecule has 0 spiro atoms. The number of aryl methyl sites for hydroxylation is 2. The number of nitrogens with two attached hydrogens (primary N) is 1. The van der Waals surface area contributed by atoms with Gasteiger partial charge in [0.15, 0.2) is 0 Å². The van der Waals surface area contributed by atoms with Gasteiger partial charge in [-0.05, 0) is 31.9 Å². The van der Waals surface area contributed by atoms with Crippen molar-refractivity contribution >= 4 is 0 Å². The van der Waals surface area contributed by atoms with Crippen LogP contribution in [0.4, 0.5) is 0 Å². The van der Waals surface area contributed by atoms with Gasteiger partial charge in [0.05, 0.1) is 0 Å². The van der Waals surface area contributed by atoms with Crippen LogP contribution in [0.15, 0.2) is 12.3 Å². The van der Waals surface area contributed by atoms with Crippen molar-refractivity contribution in [2.24, 2.45) is 12.8 Å². The first-order chi connectivity index (χ1) is 7.84. The molecule has 0 radical (unpaired) electrons. The van der Waals surface area contributed by atoms with Crippen molar-refractivity contribution in [2.45, 2.75) is 51.4 Å². The van der Waals surface area contributed by atoms with E-state index in [0.29, 0.717) is 0 Å². The van der Waals surface area contributed by atoms with E-state index >= 15 is 0 Å². The minimum Gasteiger partial charge on any atom is -0.330 e. The molecule has 1 aromatic heterocycles.